The van der Waals surface area contributed by atoms with Gasteiger partial charge in [0.15, 0.2) is 0 Å². The molecule has 3 nitrogen and oxygen atoms in total. The van der Waals surface area contributed by atoms with Crippen LogP contribution in [-0.2, 0) is 12.0 Å². The SMILES string of the molecule is CCn1cncc1C1(CN)CCC(F)(F)CC1. The normalized spacial score (nSPS) is 22.6. The molecule has 1 fully saturated rings. The molecule has 2 rings (SSSR count). The zero-order chi connectivity index (χ0) is 12.5. The predicted molar refractivity (Wildman–Crippen MR) is 62.0 cm³/mol. The van der Waals surface area contributed by atoms with E-state index in [1.165, 1.54) is 0 Å². The molecule has 0 saturated heterocycles. The molecule has 1 aromatic rings. The van der Waals surface area contributed by atoms with Crippen molar-refractivity contribution in [1.29, 1.82) is 0 Å². The maximum atomic E-state index is 13.2. The van der Waals surface area contributed by atoms with Gasteiger partial charge >= 0.3 is 0 Å². The van der Waals surface area contributed by atoms with E-state index in [9.17, 15) is 8.78 Å². The molecule has 0 radical (unpaired) electrons. The van der Waals surface area contributed by atoms with Crippen molar-refractivity contribution < 1.29 is 8.78 Å². The first-order valence-electron chi connectivity index (χ1n) is 6.11. The van der Waals surface area contributed by atoms with Crippen LogP contribution in [0.4, 0.5) is 8.78 Å². The molecule has 0 bridgehead atoms. The maximum Gasteiger partial charge on any atom is 0.248 e. The standard InChI is InChI=1S/C12H19F2N3/c1-2-17-9-16-7-10(17)11(8-15)3-5-12(13,14)6-4-11/h7,9H,2-6,8,15H2,1H3. The Hall–Kier alpha value is -0.970. The summed E-state index contributed by atoms with van der Waals surface area (Å²) in [6.07, 6.45) is 4.28. The molecule has 0 atom stereocenters. The molecule has 2 N–H and O–H groups in total. The predicted octanol–water partition coefficient (Wildman–Crippen LogP) is 2.31. The average molecular weight is 243 g/mol. The molecule has 1 heterocycles. The van der Waals surface area contributed by atoms with Gasteiger partial charge in [-0.3, -0.25) is 0 Å². The first kappa shape index (κ1) is 12.5. The Morgan fingerprint density at radius 3 is 2.53 bits per heavy atom. The average Bonchev–Trinajstić information content (AvgIpc) is 2.79. The van der Waals surface area contributed by atoms with Gasteiger partial charge in [-0.15, -0.1) is 0 Å². The van der Waals surface area contributed by atoms with Gasteiger partial charge in [-0.05, 0) is 19.8 Å². The third kappa shape index (κ3) is 2.20. The van der Waals surface area contributed by atoms with E-state index in [1.807, 2.05) is 11.5 Å². The van der Waals surface area contributed by atoms with Gasteiger partial charge in [-0.1, -0.05) is 0 Å². The fraction of sp³-hybridized carbons (Fsp3) is 0.750. The van der Waals surface area contributed by atoms with Gasteiger partial charge in [0.05, 0.1) is 6.33 Å². The molecule has 17 heavy (non-hydrogen) atoms. The van der Waals surface area contributed by atoms with Crippen LogP contribution in [0.1, 0.15) is 38.3 Å². The van der Waals surface area contributed by atoms with Crippen LogP contribution in [0.3, 0.4) is 0 Å². The summed E-state index contributed by atoms with van der Waals surface area (Å²) in [6, 6.07) is 0. The van der Waals surface area contributed by atoms with Crippen LogP contribution < -0.4 is 5.73 Å². The van der Waals surface area contributed by atoms with Gasteiger partial charge in [0.25, 0.3) is 0 Å². The molecule has 0 aliphatic heterocycles. The van der Waals surface area contributed by atoms with Crippen LogP contribution in [0, 0.1) is 0 Å². The number of rotatable bonds is 3. The molecule has 0 unspecified atom stereocenters. The lowest BCUT2D eigenvalue weighted by Crippen LogP contribution is -2.43. The molecular weight excluding hydrogens is 224 g/mol. The van der Waals surface area contributed by atoms with E-state index in [2.05, 4.69) is 4.98 Å². The van der Waals surface area contributed by atoms with Crippen LogP contribution in [0.15, 0.2) is 12.5 Å². The summed E-state index contributed by atoms with van der Waals surface area (Å²) in [5.41, 5.74) is 6.56. The van der Waals surface area contributed by atoms with E-state index in [0.717, 1.165) is 12.2 Å². The summed E-state index contributed by atoms with van der Waals surface area (Å²) in [7, 11) is 0. The third-order valence-electron chi connectivity index (χ3n) is 3.93. The van der Waals surface area contributed by atoms with E-state index >= 15 is 0 Å². The number of aromatic nitrogens is 2. The number of aryl methyl sites for hydroxylation is 1. The summed E-state index contributed by atoms with van der Waals surface area (Å²) in [4.78, 5) is 4.12. The van der Waals surface area contributed by atoms with Crippen LogP contribution in [-0.4, -0.2) is 22.0 Å². The van der Waals surface area contributed by atoms with Crippen LogP contribution in [0.5, 0.6) is 0 Å². The van der Waals surface area contributed by atoms with Crippen LogP contribution in [0.25, 0.3) is 0 Å². The number of hydrogen-bond donors (Lipinski definition) is 1. The molecule has 0 spiro atoms. The Bertz CT molecular complexity index is 377. The second kappa shape index (κ2) is 4.37. The Morgan fingerprint density at radius 1 is 1.35 bits per heavy atom. The van der Waals surface area contributed by atoms with Gasteiger partial charge in [-0.2, -0.15) is 0 Å². The largest absolute Gasteiger partial charge is 0.334 e. The Labute approximate surface area is 100 Å². The number of hydrogen-bond acceptors (Lipinski definition) is 2. The number of alkyl halides is 2. The van der Waals surface area contributed by atoms with E-state index in [4.69, 9.17) is 5.73 Å². The topological polar surface area (TPSA) is 43.8 Å². The van der Waals surface area contributed by atoms with E-state index < -0.39 is 5.92 Å². The van der Waals surface area contributed by atoms with Gasteiger partial charge in [0, 0.05) is 43.2 Å². The second-order valence-corrected chi connectivity index (χ2v) is 4.91. The summed E-state index contributed by atoms with van der Waals surface area (Å²) < 4.78 is 28.5. The Balaban J connectivity index is 2.27. The number of nitrogens with two attached hydrogens (primary N) is 1. The van der Waals surface area contributed by atoms with E-state index in [-0.39, 0.29) is 18.3 Å². The van der Waals surface area contributed by atoms with Gasteiger partial charge in [0.1, 0.15) is 0 Å². The highest BCUT2D eigenvalue weighted by Gasteiger charge is 2.44. The second-order valence-electron chi connectivity index (χ2n) is 4.91. The third-order valence-corrected chi connectivity index (χ3v) is 3.93. The minimum absolute atomic E-state index is 0.0703. The van der Waals surface area contributed by atoms with Crippen LogP contribution >= 0.6 is 0 Å². The Morgan fingerprint density at radius 2 is 2.00 bits per heavy atom. The van der Waals surface area contributed by atoms with Crippen LogP contribution in [0.2, 0.25) is 0 Å². The zero-order valence-corrected chi connectivity index (χ0v) is 10.1. The van der Waals surface area contributed by atoms with Crippen molar-refractivity contribution in [1.82, 2.24) is 9.55 Å². The summed E-state index contributed by atoms with van der Waals surface area (Å²) in [6.45, 7) is 3.23. The summed E-state index contributed by atoms with van der Waals surface area (Å²) in [5.74, 6) is -2.52. The summed E-state index contributed by atoms with van der Waals surface area (Å²) >= 11 is 0. The van der Waals surface area contributed by atoms with E-state index in [0.29, 0.717) is 19.4 Å². The fourth-order valence-electron chi connectivity index (χ4n) is 2.67. The van der Waals surface area contributed by atoms with E-state index in [1.54, 1.807) is 12.5 Å². The van der Waals surface area contributed by atoms with Crippen molar-refractivity contribution in [3.8, 4) is 0 Å². The van der Waals surface area contributed by atoms with Crippen molar-refractivity contribution >= 4 is 0 Å². The quantitative estimate of drug-likeness (QED) is 0.885. The number of halogens is 2. The maximum absolute atomic E-state index is 13.2. The van der Waals surface area contributed by atoms with Gasteiger partial charge in [-0.25, -0.2) is 13.8 Å². The summed E-state index contributed by atoms with van der Waals surface area (Å²) in [5, 5.41) is 0. The first-order chi connectivity index (χ1) is 8.03. The van der Waals surface area contributed by atoms with Crippen molar-refractivity contribution in [2.75, 3.05) is 6.54 Å². The molecule has 0 aromatic carbocycles. The smallest absolute Gasteiger partial charge is 0.248 e. The minimum Gasteiger partial charge on any atom is -0.334 e. The number of imidazole rings is 1. The monoisotopic (exact) mass is 243 g/mol. The molecule has 5 heteroatoms. The minimum atomic E-state index is -2.52. The molecule has 96 valence electrons. The lowest BCUT2D eigenvalue weighted by Gasteiger charge is -2.39. The van der Waals surface area contributed by atoms with Gasteiger partial charge in [0.2, 0.25) is 5.92 Å². The Kier molecular flexibility index (Phi) is 3.21. The fourth-order valence-corrected chi connectivity index (χ4v) is 2.67. The van der Waals surface area contributed by atoms with Crippen molar-refractivity contribution in [2.45, 2.75) is 50.5 Å². The molecular formula is C12H19F2N3. The molecule has 1 aliphatic carbocycles. The highest BCUT2D eigenvalue weighted by Crippen LogP contribution is 2.44. The highest BCUT2D eigenvalue weighted by molar-refractivity contribution is 5.18. The lowest BCUT2D eigenvalue weighted by atomic mass is 9.70. The highest BCUT2D eigenvalue weighted by atomic mass is 19.3. The molecule has 1 saturated carbocycles. The van der Waals surface area contributed by atoms with Crippen molar-refractivity contribution in [3.05, 3.63) is 18.2 Å². The lowest BCUT2D eigenvalue weighted by molar-refractivity contribution is -0.0518. The molecule has 1 aromatic heterocycles. The first-order valence-corrected chi connectivity index (χ1v) is 6.11. The molecule has 1 aliphatic rings. The molecule has 0 amide bonds. The zero-order valence-electron chi connectivity index (χ0n) is 10.1. The van der Waals surface area contributed by atoms with Crippen molar-refractivity contribution in [2.24, 2.45) is 5.73 Å². The number of nitrogens with zero attached hydrogens (tertiary/aromatic N) is 2. The van der Waals surface area contributed by atoms with Crippen molar-refractivity contribution in [3.63, 3.8) is 0 Å². The van der Waals surface area contributed by atoms with Gasteiger partial charge < -0.3 is 10.3 Å².